The van der Waals surface area contributed by atoms with Crippen LogP contribution in [0.15, 0.2) is 23.2 Å². The normalized spacial score (nSPS) is 10.9. The van der Waals surface area contributed by atoms with Crippen LogP contribution < -0.4 is 20.1 Å². The van der Waals surface area contributed by atoms with Crippen molar-refractivity contribution >= 4 is 41.3 Å². The van der Waals surface area contributed by atoms with E-state index in [2.05, 4.69) is 20.6 Å². The molecule has 1 aromatic carbocycles. The minimum absolute atomic E-state index is 0. The molecular formula is C18H27IN4O2S. The minimum Gasteiger partial charge on any atom is -0.493 e. The molecule has 6 nitrogen and oxygen atoms in total. The molecule has 0 radical (unpaired) electrons. The van der Waals surface area contributed by atoms with E-state index >= 15 is 0 Å². The predicted molar refractivity (Wildman–Crippen MR) is 118 cm³/mol. The van der Waals surface area contributed by atoms with Crippen LogP contribution in [-0.4, -0.2) is 31.7 Å². The zero-order valence-corrected chi connectivity index (χ0v) is 19.0. The zero-order chi connectivity index (χ0) is 18.2. The zero-order valence-electron chi connectivity index (χ0n) is 15.9. The molecule has 0 saturated heterocycles. The number of halogens is 1. The standard InChI is InChI=1S/C18H26N4O2S.HI/c1-6-24-15-8-7-14(9-16(15)23-5)10-20-18(19-4)21-11-17-12(2)22-13(3)25-17;/h7-9H,6,10-11H2,1-5H3,(H2,19,20,21);1H. The quantitative estimate of drug-likeness (QED) is 0.353. The van der Waals surface area contributed by atoms with Gasteiger partial charge < -0.3 is 20.1 Å². The number of benzene rings is 1. The molecule has 0 aliphatic rings. The van der Waals surface area contributed by atoms with Crippen LogP contribution in [0.3, 0.4) is 0 Å². The molecule has 0 fully saturated rings. The molecule has 0 aliphatic carbocycles. The van der Waals surface area contributed by atoms with Gasteiger partial charge in [0.15, 0.2) is 17.5 Å². The highest BCUT2D eigenvalue weighted by Crippen LogP contribution is 2.27. The lowest BCUT2D eigenvalue weighted by Crippen LogP contribution is -2.36. The monoisotopic (exact) mass is 490 g/mol. The number of rotatable bonds is 7. The number of aryl methyl sites for hydroxylation is 2. The van der Waals surface area contributed by atoms with Crippen molar-refractivity contribution in [3.63, 3.8) is 0 Å². The van der Waals surface area contributed by atoms with E-state index in [0.717, 1.165) is 33.7 Å². The lowest BCUT2D eigenvalue weighted by molar-refractivity contribution is 0.310. The summed E-state index contributed by atoms with van der Waals surface area (Å²) < 4.78 is 10.9. The lowest BCUT2D eigenvalue weighted by atomic mass is 10.2. The van der Waals surface area contributed by atoms with Crippen molar-refractivity contribution in [2.24, 2.45) is 4.99 Å². The molecule has 2 N–H and O–H groups in total. The van der Waals surface area contributed by atoms with Crippen molar-refractivity contribution in [2.45, 2.75) is 33.9 Å². The van der Waals surface area contributed by atoms with Crippen LogP contribution in [-0.2, 0) is 13.1 Å². The van der Waals surface area contributed by atoms with E-state index in [4.69, 9.17) is 9.47 Å². The number of ether oxygens (including phenoxy) is 2. The fourth-order valence-corrected chi connectivity index (χ4v) is 3.28. The maximum absolute atomic E-state index is 5.54. The summed E-state index contributed by atoms with van der Waals surface area (Å²) >= 11 is 1.71. The Kier molecular flexibility index (Phi) is 9.71. The van der Waals surface area contributed by atoms with Crippen molar-refractivity contribution < 1.29 is 9.47 Å². The molecule has 0 saturated carbocycles. The van der Waals surface area contributed by atoms with Crippen LogP contribution in [0.5, 0.6) is 11.5 Å². The SMILES string of the molecule is CCOc1ccc(CNC(=NC)NCc2sc(C)nc2C)cc1OC.I. The van der Waals surface area contributed by atoms with Crippen LogP contribution in [0.2, 0.25) is 0 Å². The second-order valence-electron chi connectivity index (χ2n) is 5.44. The minimum atomic E-state index is 0. The third kappa shape index (κ3) is 6.31. The van der Waals surface area contributed by atoms with E-state index in [1.807, 2.05) is 39.0 Å². The van der Waals surface area contributed by atoms with Crippen LogP contribution in [0.25, 0.3) is 0 Å². The van der Waals surface area contributed by atoms with E-state index in [1.165, 1.54) is 4.88 Å². The Morgan fingerprint density at radius 1 is 1.19 bits per heavy atom. The summed E-state index contributed by atoms with van der Waals surface area (Å²) in [5, 5.41) is 7.72. The van der Waals surface area contributed by atoms with Gasteiger partial charge in [-0.25, -0.2) is 4.98 Å². The molecule has 8 heteroatoms. The molecule has 0 unspecified atom stereocenters. The first kappa shape index (κ1) is 22.5. The van der Waals surface area contributed by atoms with Crippen LogP contribution in [0.4, 0.5) is 0 Å². The highest BCUT2D eigenvalue weighted by molar-refractivity contribution is 14.0. The highest BCUT2D eigenvalue weighted by Gasteiger charge is 2.08. The fourth-order valence-electron chi connectivity index (χ4n) is 2.40. The average molecular weight is 490 g/mol. The Hall–Kier alpha value is -1.55. The van der Waals surface area contributed by atoms with E-state index in [-0.39, 0.29) is 24.0 Å². The van der Waals surface area contributed by atoms with Gasteiger partial charge in [-0.05, 0) is 38.5 Å². The first-order valence-electron chi connectivity index (χ1n) is 8.24. The van der Waals surface area contributed by atoms with Gasteiger partial charge in [0, 0.05) is 18.5 Å². The van der Waals surface area contributed by atoms with Gasteiger partial charge in [-0.3, -0.25) is 4.99 Å². The van der Waals surface area contributed by atoms with E-state index in [1.54, 1.807) is 25.5 Å². The molecule has 0 bridgehead atoms. The second-order valence-corrected chi connectivity index (χ2v) is 6.73. The number of methoxy groups -OCH3 is 1. The van der Waals surface area contributed by atoms with Gasteiger partial charge in [0.2, 0.25) is 0 Å². The summed E-state index contributed by atoms with van der Waals surface area (Å²) in [5.41, 5.74) is 2.16. The number of hydrogen-bond donors (Lipinski definition) is 2. The molecular weight excluding hydrogens is 463 g/mol. The smallest absolute Gasteiger partial charge is 0.191 e. The molecule has 0 aliphatic heterocycles. The molecule has 2 rings (SSSR count). The number of nitrogens with zero attached hydrogens (tertiary/aromatic N) is 2. The number of guanidine groups is 1. The van der Waals surface area contributed by atoms with Crippen molar-refractivity contribution in [1.29, 1.82) is 0 Å². The summed E-state index contributed by atoms with van der Waals surface area (Å²) in [6, 6.07) is 5.92. The molecule has 26 heavy (non-hydrogen) atoms. The topological polar surface area (TPSA) is 67.8 Å². The van der Waals surface area contributed by atoms with Crippen LogP contribution >= 0.6 is 35.3 Å². The molecule has 144 valence electrons. The van der Waals surface area contributed by atoms with Gasteiger partial charge in [-0.2, -0.15) is 0 Å². The Morgan fingerprint density at radius 2 is 1.92 bits per heavy atom. The maximum atomic E-state index is 5.54. The highest BCUT2D eigenvalue weighted by atomic mass is 127. The van der Waals surface area contributed by atoms with Crippen molar-refractivity contribution in [3.8, 4) is 11.5 Å². The van der Waals surface area contributed by atoms with Crippen molar-refractivity contribution in [2.75, 3.05) is 20.8 Å². The van der Waals surface area contributed by atoms with E-state index in [0.29, 0.717) is 19.7 Å². The third-order valence-electron chi connectivity index (χ3n) is 3.63. The first-order valence-corrected chi connectivity index (χ1v) is 9.06. The summed E-state index contributed by atoms with van der Waals surface area (Å²) in [4.78, 5) is 9.94. The number of thiazole rings is 1. The molecule has 0 spiro atoms. The van der Waals surface area contributed by atoms with Crippen LogP contribution in [0.1, 0.15) is 28.1 Å². The summed E-state index contributed by atoms with van der Waals surface area (Å²) in [5.74, 6) is 2.24. The fraction of sp³-hybridized carbons (Fsp3) is 0.444. The predicted octanol–water partition coefficient (Wildman–Crippen LogP) is 3.65. The summed E-state index contributed by atoms with van der Waals surface area (Å²) in [7, 11) is 3.41. The van der Waals surface area contributed by atoms with E-state index in [9.17, 15) is 0 Å². The summed E-state index contributed by atoms with van der Waals surface area (Å²) in [6.07, 6.45) is 0. The third-order valence-corrected chi connectivity index (χ3v) is 4.70. The molecule has 0 atom stereocenters. The second kappa shape index (κ2) is 11.2. The van der Waals surface area contributed by atoms with Gasteiger partial charge >= 0.3 is 0 Å². The molecule has 1 heterocycles. The van der Waals surface area contributed by atoms with Gasteiger partial charge in [-0.1, -0.05) is 6.07 Å². The Bertz CT molecular complexity index is 734. The molecule has 0 amide bonds. The van der Waals surface area contributed by atoms with E-state index < -0.39 is 0 Å². The maximum Gasteiger partial charge on any atom is 0.191 e. The van der Waals surface area contributed by atoms with Gasteiger partial charge in [-0.15, -0.1) is 35.3 Å². The van der Waals surface area contributed by atoms with Crippen molar-refractivity contribution in [3.05, 3.63) is 39.3 Å². The van der Waals surface area contributed by atoms with Crippen molar-refractivity contribution in [1.82, 2.24) is 15.6 Å². The number of aromatic nitrogens is 1. The number of aliphatic imine (C=N–C) groups is 1. The molecule has 2 aromatic rings. The van der Waals surface area contributed by atoms with Gasteiger partial charge in [0.05, 0.1) is 31.0 Å². The number of nitrogens with one attached hydrogen (secondary N) is 2. The Labute approximate surface area is 176 Å². The lowest BCUT2D eigenvalue weighted by Gasteiger charge is -2.14. The first-order chi connectivity index (χ1) is 12.1. The van der Waals surface area contributed by atoms with Gasteiger partial charge in [0.25, 0.3) is 0 Å². The summed E-state index contributed by atoms with van der Waals surface area (Å²) in [6.45, 7) is 7.97. The number of hydrogen-bond acceptors (Lipinski definition) is 5. The largest absolute Gasteiger partial charge is 0.493 e. The van der Waals surface area contributed by atoms with Gasteiger partial charge in [0.1, 0.15) is 0 Å². The Balaban J connectivity index is 0.00000338. The van der Waals surface area contributed by atoms with Crippen LogP contribution in [0, 0.1) is 13.8 Å². The average Bonchev–Trinajstić information content (AvgIpc) is 2.93. The molecule has 1 aromatic heterocycles. The Morgan fingerprint density at radius 3 is 2.50 bits per heavy atom.